The molecule has 0 aromatic heterocycles. The van der Waals surface area contributed by atoms with Crippen molar-refractivity contribution in [1.29, 1.82) is 0 Å². The molecule has 172 valence electrons. The molecule has 6 nitrogen and oxygen atoms in total. The number of benzene rings is 1. The largest absolute Gasteiger partial charge is 0.465 e. The third kappa shape index (κ3) is 4.84. The molecule has 0 saturated heterocycles. The highest BCUT2D eigenvalue weighted by Gasteiger charge is 2.42. The molecule has 0 aliphatic carbocycles. The van der Waals surface area contributed by atoms with Crippen LogP contribution in [0.3, 0.4) is 0 Å². The zero-order valence-electron chi connectivity index (χ0n) is 16.7. The number of esters is 2. The lowest BCUT2D eigenvalue weighted by atomic mass is 9.96. The number of halogens is 6. The predicted octanol–water partition coefficient (Wildman–Crippen LogP) is 4.42. The van der Waals surface area contributed by atoms with E-state index in [1.54, 1.807) is 0 Å². The lowest BCUT2D eigenvalue weighted by molar-refractivity contribution is -0.143. The van der Waals surface area contributed by atoms with Gasteiger partial charge in [0.15, 0.2) is 5.78 Å². The molecule has 1 aromatic carbocycles. The minimum Gasteiger partial charge on any atom is -0.465 e. The van der Waals surface area contributed by atoms with Crippen molar-refractivity contribution in [3.8, 4) is 0 Å². The smallest absolute Gasteiger partial charge is 0.417 e. The number of nitrogens with zero attached hydrogens (tertiary/aromatic N) is 1. The minimum atomic E-state index is -5.34. The van der Waals surface area contributed by atoms with Gasteiger partial charge in [0.05, 0.1) is 42.2 Å². The number of ketones is 1. The Bertz CT molecular complexity index is 1050. The zero-order chi connectivity index (χ0) is 24.4. The monoisotopic (exact) mass is 463 g/mol. The van der Waals surface area contributed by atoms with Gasteiger partial charge in [0.25, 0.3) is 0 Å². The number of anilines is 1. The molecule has 0 fully saturated rings. The number of allylic oxidation sites excluding steroid dienone is 2. The number of rotatable bonds is 4. The van der Waals surface area contributed by atoms with Crippen LogP contribution in [0.1, 0.15) is 28.4 Å². The summed E-state index contributed by atoms with van der Waals surface area (Å²) in [5.74, 6) is -3.62. The topological polar surface area (TPSA) is 72.9 Å². The molecule has 0 bridgehead atoms. The number of alkyl halides is 6. The molecule has 1 heterocycles. The van der Waals surface area contributed by atoms with Gasteiger partial charge in [-0.15, -0.1) is 0 Å². The van der Waals surface area contributed by atoms with E-state index in [-0.39, 0.29) is 12.1 Å². The van der Waals surface area contributed by atoms with Crippen molar-refractivity contribution < 1.29 is 50.2 Å². The molecule has 1 aliphatic rings. The maximum atomic E-state index is 13.6. The summed E-state index contributed by atoms with van der Waals surface area (Å²) in [7, 11) is 1.84. The van der Waals surface area contributed by atoms with Gasteiger partial charge in [0.2, 0.25) is 0 Å². The van der Waals surface area contributed by atoms with E-state index >= 15 is 0 Å². The molecule has 2 rings (SSSR count). The van der Waals surface area contributed by atoms with E-state index in [0.29, 0.717) is 4.90 Å². The summed E-state index contributed by atoms with van der Waals surface area (Å²) >= 11 is 0. The maximum Gasteiger partial charge on any atom is 0.417 e. The van der Waals surface area contributed by atoms with Crippen LogP contribution in [0.15, 0.2) is 47.8 Å². The van der Waals surface area contributed by atoms with E-state index in [1.807, 2.05) is 0 Å². The molecule has 0 N–H and O–H groups in total. The summed E-state index contributed by atoms with van der Waals surface area (Å²) in [5.41, 5.74) is -6.92. The fourth-order valence-corrected chi connectivity index (χ4v) is 2.93. The summed E-state index contributed by atoms with van der Waals surface area (Å²) in [6, 6.07) is 0.0856. The molecule has 1 aromatic rings. The van der Waals surface area contributed by atoms with Gasteiger partial charge in [-0.05, 0) is 31.2 Å². The second-order valence-corrected chi connectivity index (χ2v) is 6.29. The van der Waals surface area contributed by atoms with Gasteiger partial charge in [-0.3, -0.25) is 4.79 Å². The quantitative estimate of drug-likeness (QED) is 0.374. The van der Waals surface area contributed by atoms with E-state index in [9.17, 15) is 40.7 Å². The maximum absolute atomic E-state index is 13.6. The highest BCUT2D eigenvalue weighted by atomic mass is 19.4. The molecule has 0 radical (unpaired) electrons. The second-order valence-electron chi connectivity index (χ2n) is 6.29. The first-order chi connectivity index (χ1) is 14.7. The van der Waals surface area contributed by atoms with Gasteiger partial charge < -0.3 is 14.4 Å². The van der Waals surface area contributed by atoms with Crippen LogP contribution in [0.2, 0.25) is 0 Å². The van der Waals surface area contributed by atoms with Gasteiger partial charge in [-0.2, -0.15) is 26.3 Å². The summed E-state index contributed by atoms with van der Waals surface area (Å²) in [5, 5.41) is 0. The number of carbonyl (C=O) groups is 3. The molecule has 0 saturated carbocycles. The second kappa shape index (κ2) is 8.89. The van der Waals surface area contributed by atoms with E-state index in [2.05, 4.69) is 9.47 Å². The van der Waals surface area contributed by atoms with Crippen molar-refractivity contribution >= 4 is 23.4 Å². The Morgan fingerprint density at radius 2 is 1.47 bits per heavy atom. The molecular formula is C20H15F6NO5. The van der Waals surface area contributed by atoms with Gasteiger partial charge in [0, 0.05) is 6.20 Å². The summed E-state index contributed by atoms with van der Waals surface area (Å²) < 4.78 is 90.3. The van der Waals surface area contributed by atoms with E-state index < -0.39 is 63.7 Å². The van der Waals surface area contributed by atoms with Crippen molar-refractivity contribution in [3.05, 3.63) is 64.5 Å². The Balaban J connectivity index is 3.05. The number of Topliss-reactive ketones (excluding diaryl/α,β-unsaturated/α-hetero) is 1. The van der Waals surface area contributed by atoms with Crippen molar-refractivity contribution in [3.63, 3.8) is 0 Å². The molecule has 0 atom stereocenters. The molecule has 32 heavy (non-hydrogen) atoms. The lowest BCUT2D eigenvalue weighted by Gasteiger charge is -2.27. The predicted molar refractivity (Wildman–Crippen MR) is 98.3 cm³/mol. The van der Waals surface area contributed by atoms with E-state index in [0.717, 1.165) is 39.5 Å². The van der Waals surface area contributed by atoms with Crippen molar-refractivity contribution in [1.82, 2.24) is 0 Å². The average Bonchev–Trinajstić information content (AvgIpc) is 2.93. The molecule has 0 amide bonds. The van der Waals surface area contributed by atoms with Crippen LogP contribution in [0, 0.1) is 0 Å². The number of hydrogen-bond donors (Lipinski definition) is 0. The first kappa shape index (κ1) is 24.7. The third-order valence-electron chi connectivity index (χ3n) is 4.25. The minimum absolute atomic E-state index is 0.192. The van der Waals surface area contributed by atoms with Crippen LogP contribution < -0.4 is 4.90 Å². The van der Waals surface area contributed by atoms with Crippen molar-refractivity contribution in [2.24, 2.45) is 0 Å². The van der Waals surface area contributed by atoms with Crippen LogP contribution in [-0.4, -0.2) is 31.9 Å². The van der Waals surface area contributed by atoms with Gasteiger partial charge in [0.1, 0.15) is 5.70 Å². The number of methoxy groups -OCH3 is 2. The first-order valence-electron chi connectivity index (χ1n) is 8.62. The molecule has 12 heteroatoms. The fraction of sp³-hybridized carbons (Fsp3) is 0.250. The standard InChI is InChI=1S/C20H15F6NO5/c1-10(28)15-13(20(24,25)26)8-11(19(21,22)23)9-14(15)27-7-5-4-6-12(17(29)31-2)16(27)18(30)32-3/h4-9H,1-3H3. The normalized spacial score (nSPS) is 14.3. The summed E-state index contributed by atoms with van der Waals surface area (Å²) in [4.78, 5) is 37.4. The Labute approximate surface area is 177 Å². The molecule has 0 unspecified atom stereocenters. The Kier molecular flexibility index (Phi) is 6.86. The Hall–Kier alpha value is -3.57. The average molecular weight is 463 g/mol. The zero-order valence-corrected chi connectivity index (χ0v) is 16.7. The Morgan fingerprint density at radius 1 is 0.875 bits per heavy atom. The molecule has 0 spiro atoms. The van der Waals surface area contributed by atoms with Crippen LogP contribution in [0.25, 0.3) is 0 Å². The van der Waals surface area contributed by atoms with E-state index in [1.165, 1.54) is 6.08 Å². The number of carbonyl (C=O) groups excluding carboxylic acids is 3. The SMILES string of the molecule is COC(=O)C1=C(C(=O)OC)N(c2cc(C(F)(F)F)cc(C(F)(F)F)c2C(C)=O)C=CC=C1. The highest BCUT2D eigenvalue weighted by molar-refractivity contribution is 6.08. The van der Waals surface area contributed by atoms with Gasteiger partial charge in [-0.1, -0.05) is 6.08 Å². The lowest BCUT2D eigenvalue weighted by Crippen LogP contribution is -2.29. The van der Waals surface area contributed by atoms with Crippen LogP contribution in [0.5, 0.6) is 0 Å². The fourth-order valence-electron chi connectivity index (χ4n) is 2.93. The molecule has 1 aliphatic heterocycles. The highest BCUT2D eigenvalue weighted by Crippen LogP contribution is 2.43. The number of ether oxygens (including phenoxy) is 2. The third-order valence-corrected chi connectivity index (χ3v) is 4.25. The number of hydrogen-bond acceptors (Lipinski definition) is 6. The van der Waals surface area contributed by atoms with Crippen LogP contribution >= 0.6 is 0 Å². The van der Waals surface area contributed by atoms with Crippen molar-refractivity contribution in [2.45, 2.75) is 19.3 Å². The molecular weight excluding hydrogens is 448 g/mol. The summed E-state index contributed by atoms with van der Waals surface area (Å²) in [6.07, 6.45) is -6.26. The van der Waals surface area contributed by atoms with Crippen LogP contribution in [-0.2, 0) is 31.4 Å². The van der Waals surface area contributed by atoms with Crippen LogP contribution in [0.4, 0.5) is 32.0 Å². The van der Waals surface area contributed by atoms with E-state index in [4.69, 9.17) is 0 Å². The van der Waals surface area contributed by atoms with Gasteiger partial charge >= 0.3 is 24.3 Å². The first-order valence-corrected chi connectivity index (χ1v) is 8.62. The van der Waals surface area contributed by atoms with Crippen molar-refractivity contribution in [2.75, 3.05) is 19.1 Å². The Morgan fingerprint density at radius 3 is 1.94 bits per heavy atom. The summed E-state index contributed by atoms with van der Waals surface area (Å²) in [6.45, 7) is 0.726. The van der Waals surface area contributed by atoms with Gasteiger partial charge in [-0.25, -0.2) is 9.59 Å².